The molecule has 2 aromatic rings. The van der Waals surface area contributed by atoms with Crippen molar-refractivity contribution in [2.24, 2.45) is 0 Å². The lowest BCUT2D eigenvalue weighted by atomic mass is 10.1. The lowest BCUT2D eigenvalue weighted by molar-refractivity contribution is -0.138. The minimum Gasteiger partial charge on any atom is -0.339 e. The Balaban J connectivity index is 1.92. The number of benzene rings is 2. The van der Waals surface area contributed by atoms with E-state index in [0.29, 0.717) is 13.1 Å². The standard InChI is InChI=1S/C23H27N3O5S/c1-16-7-9-20(10-8-16)32(30,31)22(24-21(28)19-6-4-5-17(2)15-19)23(29)26-13-11-25(12-14-26)18(3)27/h4-10,15,22H,11-14H2,1-3H3,(H,24,28)/t22-/m1/s1. The topological polar surface area (TPSA) is 104 Å². The van der Waals surface area contributed by atoms with Crippen LogP contribution >= 0.6 is 0 Å². The van der Waals surface area contributed by atoms with Crippen LogP contribution in [-0.4, -0.2) is 67.5 Å². The number of carbonyl (C=O) groups excluding carboxylic acids is 3. The van der Waals surface area contributed by atoms with Crippen LogP contribution in [0, 0.1) is 13.8 Å². The van der Waals surface area contributed by atoms with E-state index in [1.165, 1.54) is 24.0 Å². The van der Waals surface area contributed by atoms with Crippen molar-refractivity contribution in [2.45, 2.75) is 31.0 Å². The molecular weight excluding hydrogens is 430 g/mol. The Hall–Kier alpha value is -3.20. The molecule has 3 amide bonds. The van der Waals surface area contributed by atoms with Crippen LogP contribution in [0.15, 0.2) is 53.4 Å². The highest BCUT2D eigenvalue weighted by Crippen LogP contribution is 2.19. The normalized spacial score (nSPS) is 15.2. The highest BCUT2D eigenvalue weighted by Gasteiger charge is 2.39. The van der Waals surface area contributed by atoms with Crippen molar-refractivity contribution in [1.29, 1.82) is 0 Å². The average molecular weight is 458 g/mol. The number of piperazine rings is 1. The van der Waals surface area contributed by atoms with Crippen LogP contribution in [0.3, 0.4) is 0 Å². The molecule has 9 heteroatoms. The summed E-state index contributed by atoms with van der Waals surface area (Å²) < 4.78 is 26.8. The van der Waals surface area contributed by atoms with Crippen LogP contribution < -0.4 is 5.32 Å². The molecule has 1 aliphatic rings. The fourth-order valence-corrected chi connectivity index (χ4v) is 5.00. The van der Waals surface area contributed by atoms with Gasteiger partial charge in [0.15, 0.2) is 0 Å². The molecule has 0 saturated carbocycles. The molecule has 1 aliphatic heterocycles. The Morgan fingerprint density at radius 3 is 2.03 bits per heavy atom. The molecule has 170 valence electrons. The molecule has 0 spiro atoms. The van der Waals surface area contributed by atoms with Gasteiger partial charge in [0.2, 0.25) is 21.1 Å². The van der Waals surface area contributed by atoms with Crippen molar-refractivity contribution >= 4 is 27.6 Å². The number of hydrogen-bond donors (Lipinski definition) is 1. The van der Waals surface area contributed by atoms with E-state index in [4.69, 9.17) is 0 Å². The van der Waals surface area contributed by atoms with Crippen LogP contribution in [0.25, 0.3) is 0 Å². The van der Waals surface area contributed by atoms with E-state index in [-0.39, 0.29) is 29.5 Å². The highest BCUT2D eigenvalue weighted by molar-refractivity contribution is 7.92. The van der Waals surface area contributed by atoms with Crippen LogP contribution in [0.5, 0.6) is 0 Å². The smallest absolute Gasteiger partial charge is 0.261 e. The summed E-state index contributed by atoms with van der Waals surface area (Å²) in [7, 11) is -4.21. The van der Waals surface area contributed by atoms with Crippen LogP contribution in [0.2, 0.25) is 0 Å². The third-order valence-corrected chi connectivity index (χ3v) is 7.33. The van der Waals surface area contributed by atoms with Gasteiger partial charge in [-0.2, -0.15) is 0 Å². The maximum Gasteiger partial charge on any atom is 0.261 e. The molecule has 1 heterocycles. The molecule has 0 aromatic heterocycles. The molecule has 0 radical (unpaired) electrons. The molecule has 0 unspecified atom stereocenters. The van der Waals surface area contributed by atoms with Crippen LogP contribution in [0.1, 0.15) is 28.4 Å². The Labute approximate surface area is 188 Å². The van der Waals surface area contributed by atoms with E-state index in [9.17, 15) is 22.8 Å². The zero-order chi connectivity index (χ0) is 23.5. The number of aryl methyl sites for hydroxylation is 2. The van der Waals surface area contributed by atoms with Gasteiger partial charge in [-0.05, 0) is 38.1 Å². The number of rotatable bonds is 5. The fraction of sp³-hybridized carbons (Fsp3) is 0.348. The van der Waals surface area contributed by atoms with Crippen molar-refractivity contribution in [1.82, 2.24) is 15.1 Å². The van der Waals surface area contributed by atoms with Crippen molar-refractivity contribution in [2.75, 3.05) is 26.2 Å². The molecule has 0 aliphatic carbocycles. The Morgan fingerprint density at radius 1 is 0.875 bits per heavy atom. The molecule has 32 heavy (non-hydrogen) atoms. The molecule has 0 bridgehead atoms. The molecular formula is C23H27N3O5S. The second-order valence-electron chi connectivity index (χ2n) is 7.91. The zero-order valence-electron chi connectivity index (χ0n) is 18.4. The Morgan fingerprint density at radius 2 is 1.47 bits per heavy atom. The van der Waals surface area contributed by atoms with E-state index in [2.05, 4.69) is 5.32 Å². The van der Waals surface area contributed by atoms with Gasteiger partial charge in [0, 0.05) is 38.7 Å². The third kappa shape index (κ3) is 5.16. The van der Waals surface area contributed by atoms with Gasteiger partial charge in [-0.15, -0.1) is 0 Å². The number of carbonyl (C=O) groups is 3. The summed E-state index contributed by atoms with van der Waals surface area (Å²) in [6, 6.07) is 12.8. The molecule has 1 atom stereocenters. The number of sulfone groups is 1. The largest absolute Gasteiger partial charge is 0.339 e. The van der Waals surface area contributed by atoms with Gasteiger partial charge in [0.1, 0.15) is 0 Å². The maximum atomic E-state index is 13.4. The van der Waals surface area contributed by atoms with Gasteiger partial charge in [-0.1, -0.05) is 35.4 Å². The number of nitrogens with zero attached hydrogens (tertiary/aromatic N) is 2. The highest BCUT2D eigenvalue weighted by atomic mass is 32.2. The van der Waals surface area contributed by atoms with E-state index in [1.807, 2.05) is 19.9 Å². The minimum absolute atomic E-state index is 0.0478. The van der Waals surface area contributed by atoms with Crippen LogP contribution in [0.4, 0.5) is 0 Å². The summed E-state index contributed by atoms with van der Waals surface area (Å²) in [5.74, 6) is -1.46. The lowest BCUT2D eigenvalue weighted by Crippen LogP contribution is -2.57. The third-order valence-electron chi connectivity index (χ3n) is 5.46. The summed E-state index contributed by atoms with van der Waals surface area (Å²) >= 11 is 0. The molecule has 2 aromatic carbocycles. The van der Waals surface area contributed by atoms with E-state index in [0.717, 1.165) is 11.1 Å². The summed E-state index contributed by atoms with van der Waals surface area (Å²) in [6.45, 7) is 6.10. The maximum absolute atomic E-state index is 13.4. The van der Waals surface area contributed by atoms with Crippen LogP contribution in [-0.2, 0) is 19.4 Å². The molecule has 1 fully saturated rings. The molecule has 1 saturated heterocycles. The Bertz CT molecular complexity index is 1120. The van der Waals surface area contributed by atoms with Gasteiger partial charge in [-0.3, -0.25) is 14.4 Å². The van der Waals surface area contributed by atoms with Gasteiger partial charge >= 0.3 is 0 Å². The van der Waals surface area contributed by atoms with Gasteiger partial charge in [0.25, 0.3) is 11.8 Å². The van der Waals surface area contributed by atoms with E-state index >= 15 is 0 Å². The summed E-state index contributed by atoms with van der Waals surface area (Å²) in [6.07, 6.45) is 0. The summed E-state index contributed by atoms with van der Waals surface area (Å²) in [4.78, 5) is 40.7. The monoisotopic (exact) mass is 457 g/mol. The van der Waals surface area contributed by atoms with Gasteiger partial charge in [-0.25, -0.2) is 8.42 Å². The average Bonchev–Trinajstić information content (AvgIpc) is 2.77. The second kappa shape index (κ2) is 9.52. The van der Waals surface area contributed by atoms with Crippen molar-refractivity contribution in [3.8, 4) is 0 Å². The second-order valence-corrected chi connectivity index (χ2v) is 9.95. The molecule has 1 N–H and O–H groups in total. The minimum atomic E-state index is -4.21. The van der Waals surface area contributed by atoms with E-state index in [1.54, 1.807) is 35.2 Å². The van der Waals surface area contributed by atoms with Crippen molar-refractivity contribution < 1.29 is 22.8 Å². The number of amides is 3. The fourth-order valence-electron chi connectivity index (χ4n) is 3.53. The molecule has 8 nitrogen and oxygen atoms in total. The first-order valence-electron chi connectivity index (χ1n) is 10.3. The van der Waals surface area contributed by atoms with Crippen molar-refractivity contribution in [3.63, 3.8) is 0 Å². The number of hydrogen-bond acceptors (Lipinski definition) is 5. The molecule has 3 rings (SSSR count). The predicted octanol–water partition coefficient (Wildman–Crippen LogP) is 1.52. The summed E-state index contributed by atoms with van der Waals surface area (Å²) in [5, 5.41) is 0.670. The van der Waals surface area contributed by atoms with Gasteiger partial charge in [0.05, 0.1) is 4.90 Å². The quantitative estimate of drug-likeness (QED) is 0.733. The van der Waals surface area contributed by atoms with Crippen molar-refractivity contribution in [3.05, 3.63) is 65.2 Å². The SMILES string of the molecule is CC(=O)N1CCN(C(=O)[C@H](NC(=O)c2cccc(C)c2)S(=O)(=O)c2ccc(C)cc2)CC1. The zero-order valence-corrected chi connectivity index (χ0v) is 19.2. The first kappa shape index (κ1) is 23.5. The Kier molecular flexibility index (Phi) is 6.98. The number of nitrogens with one attached hydrogen (secondary N) is 1. The van der Waals surface area contributed by atoms with Gasteiger partial charge < -0.3 is 15.1 Å². The lowest BCUT2D eigenvalue weighted by Gasteiger charge is -2.36. The predicted molar refractivity (Wildman–Crippen MR) is 120 cm³/mol. The summed E-state index contributed by atoms with van der Waals surface area (Å²) in [5.41, 5.74) is 1.97. The first-order chi connectivity index (χ1) is 15.1. The van der Waals surface area contributed by atoms with E-state index < -0.39 is 27.0 Å². The first-order valence-corrected chi connectivity index (χ1v) is 11.9.